The van der Waals surface area contributed by atoms with Crippen LogP contribution in [0.3, 0.4) is 0 Å². The zero-order valence-electron chi connectivity index (χ0n) is 16.0. The van der Waals surface area contributed by atoms with Gasteiger partial charge in [-0.25, -0.2) is 4.39 Å². The van der Waals surface area contributed by atoms with Crippen molar-refractivity contribution >= 4 is 17.4 Å². The molecule has 0 aliphatic heterocycles. The molecule has 6 heteroatoms. The van der Waals surface area contributed by atoms with E-state index in [0.29, 0.717) is 23.4 Å². The number of halogens is 1. The Labute approximate surface area is 164 Å². The van der Waals surface area contributed by atoms with Gasteiger partial charge in [0.05, 0.1) is 6.10 Å². The fourth-order valence-electron chi connectivity index (χ4n) is 2.60. The van der Waals surface area contributed by atoms with Crippen LogP contribution in [0.2, 0.25) is 0 Å². The summed E-state index contributed by atoms with van der Waals surface area (Å²) in [6, 6.07) is 12.4. The first-order chi connectivity index (χ1) is 13.3. The molecule has 2 rings (SSSR count). The predicted octanol–water partition coefficient (Wildman–Crippen LogP) is 3.63. The molecule has 0 spiro atoms. The normalized spacial score (nSPS) is 11.6. The van der Waals surface area contributed by atoms with E-state index in [1.807, 2.05) is 13.8 Å². The highest BCUT2D eigenvalue weighted by atomic mass is 19.1. The molecular formula is C22H25FN2O3. The third kappa shape index (κ3) is 7.06. The number of carbonyl (C=O) groups is 2. The van der Waals surface area contributed by atoms with E-state index in [1.165, 1.54) is 30.3 Å². The fraction of sp³-hybridized carbons (Fsp3) is 0.273. The molecule has 0 radical (unpaired) electrons. The smallest absolute Gasteiger partial charge is 0.248 e. The minimum Gasteiger partial charge on any atom is -0.387 e. The van der Waals surface area contributed by atoms with Crippen molar-refractivity contribution < 1.29 is 19.1 Å². The van der Waals surface area contributed by atoms with Crippen molar-refractivity contribution in [2.45, 2.75) is 26.4 Å². The van der Waals surface area contributed by atoms with Gasteiger partial charge < -0.3 is 15.7 Å². The van der Waals surface area contributed by atoms with E-state index in [4.69, 9.17) is 0 Å². The lowest BCUT2D eigenvalue weighted by Crippen LogP contribution is -2.24. The number of rotatable bonds is 9. The number of aliphatic hydroxyl groups is 1. The molecule has 0 saturated heterocycles. The second-order valence-corrected chi connectivity index (χ2v) is 6.74. The molecule has 1 unspecified atom stereocenters. The lowest BCUT2D eigenvalue weighted by Gasteiger charge is -2.12. The van der Waals surface area contributed by atoms with Crippen LogP contribution in [-0.2, 0) is 4.79 Å². The maximum atomic E-state index is 12.9. The molecule has 0 saturated carbocycles. The van der Waals surface area contributed by atoms with Crippen LogP contribution in [0.5, 0.6) is 0 Å². The second kappa shape index (κ2) is 10.5. The van der Waals surface area contributed by atoms with Gasteiger partial charge in [0.25, 0.3) is 0 Å². The minimum atomic E-state index is -0.774. The van der Waals surface area contributed by atoms with Gasteiger partial charge in [-0.2, -0.15) is 0 Å². The number of Topliss-reactive ketones (excluding diaryl/α,β-unsaturated/α-hetero) is 1. The van der Waals surface area contributed by atoms with Gasteiger partial charge in [0.15, 0.2) is 5.78 Å². The van der Waals surface area contributed by atoms with Gasteiger partial charge in [0.1, 0.15) is 5.82 Å². The highest BCUT2D eigenvalue weighted by Crippen LogP contribution is 2.14. The Morgan fingerprint density at radius 3 is 2.54 bits per heavy atom. The molecule has 148 valence electrons. The number of nitrogens with one attached hydrogen (secondary N) is 2. The maximum Gasteiger partial charge on any atom is 0.248 e. The molecule has 0 aliphatic carbocycles. The molecule has 0 aliphatic rings. The van der Waals surface area contributed by atoms with E-state index in [1.54, 1.807) is 24.3 Å². The Morgan fingerprint density at radius 2 is 1.86 bits per heavy atom. The summed E-state index contributed by atoms with van der Waals surface area (Å²) in [4.78, 5) is 24.1. The molecule has 0 aromatic heterocycles. The van der Waals surface area contributed by atoms with Crippen molar-refractivity contribution in [1.29, 1.82) is 0 Å². The summed E-state index contributed by atoms with van der Waals surface area (Å²) >= 11 is 0. The Morgan fingerprint density at radius 1 is 1.14 bits per heavy atom. The third-order valence-electron chi connectivity index (χ3n) is 3.99. The Hall–Kier alpha value is -2.83. The number of ketones is 1. The SMILES string of the molecule is CC(C)=CC(=O)Nc1cccc(C(=O)CCNCC(O)c2ccc(F)cc2)c1. The minimum absolute atomic E-state index is 0.0675. The number of hydrogen-bond donors (Lipinski definition) is 3. The standard InChI is InChI=1S/C22H25FN2O3/c1-15(2)12-22(28)25-19-5-3-4-17(13-19)20(26)10-11-24-14-21(27)16-6-8-18(23)9-7-16/h3-9,12-13,21,24,27H,10-11,14H2,1-2H3,(H,25,28). The molecular weight excluding hydrogens is 359 g/mol. The van der Waals surface area contributed by atoms with Gasteiger partial charge in [-0.05, 0) is 43.7 Å². The van der Waals surface area contributed by atoms with Crippen LogP contribution in [0, 0.1) is 5.82 Å². The Bertz CT molecular complexity index is 843. The molecule has 0 heterocycles. The first kappa shape index (κ1) is 21.5. The van der Waals surface area contributed by atoms with Crippen LogP contribution >= 0.6 is 0 Å². The Kier molecular flexibility index (Phi) is 8.04. The molecule has 2 aromatic carbocycles. The number of carbonyl (C=O) groups excluding carboxylic acids is 2. The highest BCUT2D eigenvalue weighted by molar-refractivity contribution is 6.01. The van der Waals surface area contributed by atoms with Crippen LogP contribution in [0.25, 0.3) is 0 Å². The summed E-state index contributed by atoms with van der Waals surface area (Å²) in [5, 5.41) is 15.8. The van der Waals surface area contributed by atoms with Crippen LogP contribution in [-0.4, -0.2) is 29.9 Å². The predicted molar refractivity (Wildman–Crippen MR) is 108 cm³/mol. The zero-order valence-corrected chi connectivity index (χ0v) is 16.0. The first-order valence-corrected chi connectivity index (χ1v) is 9.08. The van der Waals surface area contributed by atoms with Gasteiger partial charge in [0, 0.05) is 36.8 Å². The van der Waals surface area contributed by atoms with Crippen LogP contribution in [0.4, 0.5) is 10.1 Å². The van der Waals surface area contributed by atoms with E-state index in [2.05, 4.69) is 10.6 Å². The topological polar surface area (TPSA) is 78.4 Å². The average Bonchev–Trinajstić information content (AvgIpc) is 2.65. The molecule has 0 fully saturated rings. The van der Waals surface area contributed by atoms with Crippen LogP contribution < -0.4 is 10.6 Å². The summed E-state index contributed by atoms with van der Waals surface area (Å²) in [5.74, 6) is -0.656. The van der Waals surface area contributed by atoms with Crippen molar-refractivity contribution in [3.8, 4) is 0 Å². The van der Waals surface area contributed by atoms with Crippen molar-refractivity contribution in [2.24, 2.45) is 0 Å². The Balaban J connectivity index is 1.81. The summed E-state index contributed by atoms with van der Waals surface area (Å²) in [6.07, 6.45) is 0.969. The number of anilines is 1. The monoisotopic (exact) mass is 384 g/mol. The fourth-order valence-corrected chi connectivity index (χ4v) is 2.60. The quantitative estimate of drug-likeness (QED) is 0.350. The third-order valence-corrected chi connectivity index (χ3v) is 3.99. The maximum absolute atomic E-state index is 12.9. The van der Waals surface area contributed by atoms with E-state index in [9.17, 15) is 19.1 Å². The van der Waals surface area contributed by atoms with Gasteiger partial charge in [-0.3, -0.25) is 9.59 Å². The average molecular weight is 384 g/mol. The zero-order chi connectivity index (χ0) is 20.5. The van der Waals surface area contributed by atoms with Crippen LogP contribution in [0.15, 0.2) is 60.2 Å². The number of allylic oxidation sites excluding steroid dienone is 1. The molecule has 2 aromatic rings. The first-order valence-electron chi connectivity index (χ1n) is 9.08. The van der Waals surface area contributed by atoms with E-state index >= 15 is 0 Å². The van der Waals surface area contributed by atoms with Gasteiger partial charge >= 0.3 is 0 Å². The lowest BCUT2D eigenvalue weighted by molar-refractivity contribution is -0.111. The van der Waals surface area contributed by atoms with E-state index in [-0.39, 0.29) is 30.5 Å². The van der Waals surface area contributed by atoms with Gasteiger partial charge in [-0.15, -0.1) is 0 Å². The highest BCUT2D eigenvalue weighted by Gasteiger charge is 2.10. The van der Waals surface area contributed by atoms with Crippen molar-refractivity contribution in [3.05, 3.63) is 77.1 Å². The summed E-state index contributed by atoms with van der Waals surface area (Å²) in [6.45, 7) is 4.32. The van der Waals surface area contributed by atoms with E-state index < -0.39 is 6.10 Å². The van der Waals surface area contributed by atoms with Gasteiger partial charge in [-0.1, -0.05) is 29.8 Å². The summed E-state index contributed by atoms with van der Waals surface area (Å²) < 4.78 is 12.9. The summed E-state index contributed by atoms with van der Waals surface area (Å²) in [7, 11) is 0. The number of aliphatic hydroxyl groups excluding tert-OH is 1. The van der Waals surface area contributed by atoms with Gasteiger partial charge in [0.2, 0.25) is 5.91 Å². The number of hydrogen-bond acceptors (Lipinski definition) is 4. The second-order valence-electron chi connectivity index (χ2n) is 6.74. The van der Waals surface area contributed by atoms with Crippen molar-refractivity contribution in [3.63, 3.8) is 0 Å². The number of benzene rings is 2. The molecule has 1 amide bonds. The van der Waals surface area contributed by atoms with Crippen LogP contribution in [0.1, 0.15) is 42.3 Å². The molecule has 3 N–H and O–H groups in total. The molecule has 28 heavy (non-hydrogen) atoms. The molecule has 1 atom stereocenters. The summed E-state index contributed by atoms with van der Waals surface area (Å²) in [5.41, 5.74) is 2.57. The van der Waals surface area contributed by atoms with Crippen molar-refractivity contribution in [2.75, 3.05) is 18.4 Å². The van der Waals surface area contributed by atoms with Crippen molar-refractivity contribution in [1.82, 2.24) is 5.32 Å². The molecule has 0 bridgehead atoms. The van der Waals surface area contributed by atoms with E-state index in [0.717, 1.165) is 5.57 Å². The lowest BCUT2D eigenvalue weighted by atomic mass is 10.1. The number of amides is 1. The molecule has 5 nitrogen and oxygen atoms in total. The largest absolute Gasteiger partial charge is 0.387 e.